The second-order valence-electron chi connectivity index (χ2n) is 6.04. The molecule has 0 atom stereocenters. The first-order chi connectivity index (χ1) is 10.1. The molecule has 3 rings (SSSR count). The molecule has 0 saturated carbocycles. The Kier molecular flexibility index (Phi) is 5.58. The molecule has 0 bridgehead atoms. The Morgan fingerprint density at radius 3 is 2.50 bits per heavy atom. The van der Waals surface area contributed by atoms with E-state index in [-0.39, 0.29) is 24.2 Å². The Balaban J connectivity index is 0.00000176. The molecule has 1 aromatic heterocycles. The average Bonchev–Trinajstić information content (AvgIpc) is 2.36. The predicted octanol–water partition coefficient (Wildman–Crippen LogP) is 0.820. The molecule has 0 aliphatic carbocycles. The highest BCUT2D eigenvalue weighted by molar-refractivity contribution is 5.85. The van der Waals surface area contributed by atoms with Crippen molar-refractivity contribution in [2.24, 2.45) is 5.92 Å². The minimum Gasteiger partial charge on any atom is -0.356 e. The number of halogens is 1. The van der Waals surface area contributed by atoms with Crippen molar-refractivity contribution < 1.29 is 4.79 Å². The molecule has 22 heavy (non-hydrogen) atoms. The molecule has 2 N–H and O–H groups in total. The summed E-state index contributed by atoms with van der Waals surface area (Å²) in [5.74, 6) is 2.21. The van der Waals surface area contributed by atoms with Crippen LogP contribution in [0.5, 0.6) is 0 Å². The highest BCUT2D eigenvalue weighted by atomic mass is 35.5. The summed E-state index contributed by atoms with van der Waals surface area (Å²) in [5, 5.41) is 6.31. The number of carbonyl (C=O) groups is 1. The van der Waals surface area contributed by atoms with Crippen LogP contribution in [0.4, 0.5) is 5.82 Å². The lowest BCUT2D eigenvalue weighted by molar-refractivity contribution is -0.127. The lowest BCUT2D eigenvalue weighted by atomic mass is 9.99. The van der Waals surface area contributed by atoms with E-state index in [2.05, 4.69) is 25.5 Å². The van der Waals surface area contributed by atoms with Gasteiger partial charge in [-0.1, -0.05) is 0 Å². The highest BCUT2D eigenvalue weighted by Gasteiger charge is 2.28. The van der Waals surface area contributed by atoms with Crippen LogP contribution in [-0.4, -0.2) is 48.1 Å². The van der Waals surface area contributed by atoms with Gasteiger partial charge in [-0.15, -0.1) is 12.4 Å². The van der Waals surface area contributed by atoms with E-state index in [0.717, 1.165) is 56.4 Å². The third-order valence-electron chi connectivity index (χ3n) is 4.27. The zero-order chi connectivity index (χ0) is 14.8. The number of nitrogens with one attached hydrogen (secondary N) is 2. The summed E-state index contributed by atoms with van der Waals surface area (Å²) in [5.41, 5.74) is 1.01. The first kappa shape index (κ1) is 17.0. The van der Waals surface area contributed by atoms with Gasteiger partial charge >= 0.3 is 0 Å². The van der Waals surface area contributed by atoms with Crippen molar-refractivity contribution in [2.75, 3.05) is 31.1 Å². The molecular weight excluding hydrogens is 302 g/mol. The average molecular weight is 326 g/mol. The Labute approximate surface area is 137 Å². The van der Waals surface area contributed by atoms with Crippen LogP contribution in [-0.2, 0) is 4.79 Å². The zero-order valence-corrected chi connectivity index (χ0v) is 13.9. The molecule has 2 fully saturated rings. The van der Waals surface area contributed by atoms with E-state index in [9.17, 15) is 4.79 Å². The Bertz CT molecular complexity index is 506. The number of carbonyl (C=O) groups excluding carboxylic acids is 1. The van der Waals surface area contributed by atoms with Crippen molar-refractivity contribution >= 4 is 24.1 Å². The highest BCUT2D eigenvalue weighted by Crippen LogP contribution is 2.19. The van der Waals surface area contributed by atoms with Crippen LogP contribution in [0, 0.1) is 19.8 Å². The monoisotopic (exact) mass is 325 g/mol. The van der Waals surface area contributed by atoms with Crippen molar-refractivity contribution in [1.82, 2.24) is 20.6 Å². The topological polar surface area (TPSA) is 70.2 Å². The van der Waals surface area contributed by atoms with Crippen molar-refractivity contribution in [1.29, 1.82) is 0 Å². The fourth-order valence-electron chi connectivity index (χ4n) is 2.91. The van der Waals surface area contributed by atoms with Gasteiger partial charge in [-0.3, -0.25) is 4.79 Å². The molecule has 0 aromatic carbocycles. The van der Waals surface area contributed by atoms with E-state index in [1.54, 1.807) is 0 Å². The second-order valence-corrected chi connectivity index (χ2v) is 6.04. The molecule has 7 heteroatoms. The van der Waals surface area contributed by atoms with Gasteiger partial charge in [-0.05, 0) is 26.7 Å². The normalized spacial score (nSPS) is 19.3. The predicted molar refractivity (Wildman–Crippen MR) is 88.5 cm³/mol. The number of hydrogen-bond donors (Lipinski definition) is 2. The maximum atomic E-state index is 11.9. The summed E-state index contributed by atoms with van der Waals surface area (Å²) < 4.78 is 0. The Morgan fingerprint density at radius 1 is 1.27 bits per heavy atom. The molecule has 122 valence electrons. The number of rotatable bonds is 3. The standard InChI is InChI=1S/C15H23N5O.ClH/c1-10-7-14(18-11(2)17-10)20-5-3-13(4-6-20)19-15(21)12-8-16-9-12;/h7,12-13,16H,3-6,8-9H2,1-2H3,(H,19,21);1H. The maximum absolute atomic E-state index is 11.9. The van der Waals surface area contributed by atoms with Gasteiger partial charge in [0.05, 0.1) is 5.92 Å². The molecule has 0 radical (unpaired) electrons. The van der Waals surface area contributed by atoms with Gasteiger partial charge in [0.25, 0.3) is 0 Å². The van der Waals surface area contributed by atoms with E-state index >= 15 is 0 Å². The fraction of sp³-hybridized carbons (Fsp3) is 0.667. The summed E-state index contributed by atoms with van der Waals surface area (Å²) in [7, 11) is 0. The van der Waals surface area contributed by atoms with Crippen LogP contribution in [0.15, 0.2) is 6.07 Å². The Morgan fingerprint density at radius 2 is 1.95 bits per heavy atom. The van der Waals surface area contributed by atoms with E-state index in [0.29, 0.717) is 6.04 Å². The molecule has 0 unspecified atom stereocenters. The quantitative estimate of drug-likeness (QED) is 0.861. The van der Waals surface area contributed by atoms with Gasteiger partial charge in [-0.25, -0.2) is 9.97 Å². The van der Waals surface area contributed by atoms with Gasteiger partial charge in [0, 0.05) is 44.0 Å². The van der Waals surface area contributed by atoms with Crippen LogP contribution < -0.4 is 15.5 Å². The molecule has 2 aliphatic heterocycles. The molecule has 6 nitrogen and oxygen atoms in total. The largest absolute Gasteiger partial charge is 0.356 e. The SMILES string of the molecule is Cc1cc(N2CCC(NC(=O)C3CNC3)CC2)nc(C)n1.Cl. The first-order valence-corrected chi connectivity index (χ1v) is 7.70. The molecule has 2 aliphatic rings. The van der Waals surface area contributed by atoms with E-state index in [1.165, 1.54) is 0 Å². The molecule has 1 amide bonds. The number of nitrogens with zero attached hydrogens (tertiary/aromatic N) is 3. The maximum Gasteiger partial charge on any atom is 0.225 e. The van der Waals surface area contributed by atoms with Gasteiger partial charge in [-0.2, -0.15) is 0 Å². The summed E-state index contributed by atoms with van der Waals surface area (Å²) in [6.07, 6.45) is 1.96. The third-order valence-corrected chi connectivity index (χ3v) is 4.27. The number of piperidine rings is 1. The summed E-state index contributed by atoms with van der Waals surface area (Å²) in [6.45, 7) is 7.44. The van der Waals surface area contributed by atoms with Crippen molar-refractivity contribution in [3.05, 3.63) is 17.6 Å². The lowest BCUT2D eigenvalue weighted by Crippen LogP contribution is -2.54. The van der Waals surface area contributed by atoms with Crippen LogP contribution in [0.25, 0.3) is 0 Å². The summed E-state index contributed by atoms with van der Waals surface area (Å²) in [4.78, 5) is 23.1. The first-order valence-electron chi connectivity index (χ1n) is 7.70. The number of hydrogen-bond acceptors (Lipinski definition) is 5. The molecule has 3 heterocycles. The number of aromatic nitrogens is 2. The van der Waals surface area contributed by atoms with Gasteiger partial charge in [0.1, 0.15) is 11.6 Å². The smallest absolute Gasteiger partial charge is 0.225 e. The van der Waals surface area contributed by atoms with E-state index in [1.807, 2.05) is 19.9 Å². The third kappa shape index (κ3) is 3.87. The van der Waals surface area contributed by atoms with Crippen LogP contribution >= 0.6 is 12.4 Å². The number of amides is 1. The Hall–Kier alpha value is -1.40. The summed E-state index contributed by atoms with van der Waals surface area (Å²) >= 11 is 0. The van der Waals surface area contributed by atoms with E-state index < -0.39 is 0 Å². The molecule has 1 aromatic rings. The van der Waals surface area contributed by atoms with Crippen molar-refractivity contribution in [3.63, 3.8) is 0 Å². The number of aryl methyl sites for hydroxylation is 2. The van der Waals surface area contributed by atoms with Crippen LogP contribution in [0.1, 0.15) is 24.4 Å². The minimum atomic E-state index is 0. The van der Waals surface area contributed by atoms with Crippen LogP contribution in [0.2, 0.25) is 0 Å². The van der Waals surface area contributed by atoms with E-state index in [4.69, 9.17) is 0 Å². The van der Waals surface area contributed by atoms with Crippen LogP contribution in [0.3, 0.4) is 0 Å². The van der Waals surface area contributed by atoms with Crippen molar-refractivity contribution in [3.8, 4) is 0 Å². The molecule has 2 saturated heterocycles. The number of anilines is 1. The zero-order valence-electron chi connectivity index (χ0n) is 13.1. The molecule has 0 spiro atoms. The van der Waals surface area contributed by atoms with Gasteiger partial charge < -0.3 is 15.5 Å². The minimum absolute atomic E-state index is 0. The van der Waals surface area contributed by atoms with Crippen molar-refractivity contribution in [2.45, 2.75) is 32.7 Å². The summed E-state index contributed by atoms with van der Waals surface area (Å²) in [6, 6.07) is 2.34. The second kappa shape index (κ2) is 7.24. The van der Waals surface area contributed by atoms with Gasteiger partial charge in [0.15, 0.2) is 0 Å². The molecular formula is C15H24ClN5O. The van der Waals surface area contributed by atoms with Gasteiger partial charge in [0.2, 0.25) is 5.91 Å². The lowest BCUT2D eigenvalue weighted by Gasteiger charge is -2.35. The fourth-order valence-corrected chi connectivity index (χ4v) is 2.91.